The Labute approximate surface area is 151 Å². The van der Waals surface area contributed by atoms with Gasteiger partial charge in [0.2, 0.25) is 5.91 Å². The van der Waals surface area contributed by atoms with Gasteiger partial charge in [0.15, 0.2) is 16.4 Å². The summed E-state index contributed by atoms with van der Waals surface area (Å²) in [7, 11) is -3.10. The fourth-order valence-corrected chi connectivity index (χ4v) is 4.84. The van der Waals surface area contributed by atoms with E-state index in [9.17, 15) is 22.8 Å². The predicted octanol–water partition coefficient (Wildman–Crippen LogP) is 0.274. The highest BCUT2D eigenvalue weighted by atomic mass is 32.2. The molecule has 9 heteroatoms. The van der Waals surface area contributed by atoms with Gasteiger partial charge in [-0.2, -0.15) is 0 Å². The number of para-hydroxylation sites is 1. The van der Waals surface area contributed by atoms with Crippen molar-refractivity contribution in [1.82, 2.24) is 5.32 Å². The van der Waals surface area contributed by atoms with Gasteiger partial charge in [-0.3, -0.25) is 9.59 Å². The van der Waals surface area contributed by atoms with Crippen molar-refractivity contribution in [2.45, 2.75) is 25.3 Å². The average Bonchev–Trinajstić information content (AvgIpc) is 3.17. The lowest BCUT2D eigenvalue weighted by Crippen LogP contribution is -2.38. The Balaban J connectivity index is 1.59. The maximum absolute atomic E-state index is 12.3. The zero-order valence-electron chi connectivity index (χ0n) is 14.1. The monoisotopic (exact) mass is 380 g/mol. The summed E-state index contributed by atoms with van der Waals surface area (Å²) in [5.41, 5.74) is 0.696. The highest BCUT2D eigenvalue weighted by molar-refractivity contribution is 7.91. The van der Waals surface area contributed by atoms with Crippen LogP contribution in [0.25, 0.3) is 0 Å². The van der Waals surface area contributed by atoms with Crippen molar-refractivity contribution in [3.8, 4) is 0 Å². The van der Waals surface area contributed by atoms with E-state index < -0.39 is 34.4 Å². The van der Waals surface area contributed by atoms with Gasteiger partial charge in [0, 0.05) is 19.0 Å². The molecule has 1 aromatic carbocycles. The SMILES string of the molecule is O=C(COC(=O)c1ccccc1N1CCCC1=O)N[C@@H]1CCS(=O)(=O)C1. The van der Waals surface area contributed by atoms with Crippen molar-refractivity contribution in [1.29, 1.82) is 0 Å². The molecule has 8 nitrogen and oxygen atoms in total. The van der Waals surface area contributed by atoms with Crippen LogP contribution < -0.4 is 10.2 Å². The van der Waals surface area contributed by atoms with Crippen molar-refractivity contribution >= 4 is 33.3 Å². The number of rotatable bonds is 5. The third kappa shape index (κ3) is 4.21. The molecule has 26 heavy (non-hydrogen) atoms. The maximum atomic E-state index is 12.3. The van der Waals surface area contributed by atoms with E-state index in [1.807, 2.05) is 0 Å². The number of carbonyl (C=O) groups is 3. The first-order valence-electron chi connectivity index (χ1n) is 8.42. The van der Waals surface area contributed by atoms with Gasteiger partial charge in [-0.15, -0.1) is 0 Å². The molecule has 1 aromatic rings. The molecule has 0 radical (unpaired) electrons. The second-order valence-corrected chi connectivity index (χ2v) is 8.64. The largest absolute Gasteiger partial charge is 0.452 e. The Bertz CT molecular complexity index is 835. The third-order valence-corrected chi connectivity index (χ3v) is 6.19. The normalized spacial score (nSPS) is 21.6. The number of hydrogen-bond acceptors (Lipinski definition) is 6. The fraction of sp³-hybridized carbons (Fsp3) is 0.471. The number of ether oxygens (including phenoxy) is 1. The number of benzene rings is 1. The van der Waals surface area contributed by atoms with E-state index in [-0.39, 0.29) is 23.0 Å². The summed E-state index contributed by atoms with van der Waals surface area (Å²) in [6, 6.07) is 6.16. The Kier molecular flexibility index (Phi) is 5.26. The number of sulfone groups is 1. The third-order valence-electron chi connectivity index (χ3n) is 4.42. The molecule has 0 spiro atoms. The van der Waals surface area contributed by atoms with Crippen molar-refractivity contribution in [2.24, 2.45) is 0 Å². The highest BCUT2D eigenvalue weighted by Gasteiger charge is 2.29. The van der Waals surface area contributed by atoms with Crippen LogP contribution in [0.5, 0.6) is 0 Å². The molecule has 0 unspecified atom stereocenters. The molecule has 3 rings (SSSR count). The minimum absolute atomic E-state index is 0.0505. The summed E-state index contributed by atoms with van der Waals surface area (Å²) in [4.78, 5) is 37.7. The minimum atomic E-state index is -3.10. The highest BCUT2D eigenvalue weighted by Crippen LogP contribution is 2.25. The van der Waals surface area contributed by atoms with E-state index in [0.29, 0.717) is 25.1 Å². The van der Waals surface area contributed by atoms with Crippen LogP contribution in [-0.2, 0) is 24.2 Å². The second kappa shape index (κ2) is 7.45. The molecule has 0 bridgehead atoms. The summed E-state index contributed by atoms with van der Waals surface area (Å²) < 4.78 is 27.8. The van der Waals surface area contributed by atoms with E-state index in [2.05, 4.69) is 5.32 Å². The van der Waals surface area contributed by atoms with Crippen LogP contribution in [0.4, 0.5) is 5.69 Å². The number of hydrogen-bond donors (Lipinski definition) is 1. The number of amides is 2. The van der Waals surface area contributed by atoms with Gasteiger partial charge >= 0.3 is 5.97 Å². The molecular formula is C17H20N2O6S. The van der Waals surface area contributed by atoms with Crippen molar-refractivity contribution in [3.05, 3.63) is 29.8 Å². The topological polar surface area (TPSA) is 110 Å². The summed E-state index contributed by atoms with van der Waals surface area (Å²) in [6.45, 7) is 0.0391. The quantitative estimate of drug-likeness (QED) is 0.735. The van der Waals surface area contributed by atoms with Crippen LogP contribution >= 0.6 is 0 Å². The fourth-order valence-electron chi connectivity index (χ4n) is 3.17. The zero-order chi connectivity index (χ0) is 18.7. The summed E-state index contributed by atoms with van der Waals surface area (Å²) in [6.07, 6.45) is 1.53. The maximum Gasteiger partial charge on any atom is 0.340 e. The lowest BCUT2D eigenvalue weighted by atomic mass is 10.1. The van der Waals surface area contributed by atoms with Gasteiger partial charge in [-0.25, -0.2) is 13.2 Å². The standard InChI is InChI=1S/C17H20N2O6S/c20-15(18-12-7-9-26(23,24)11-12)10-25-17(22)13-4-1-2-5-14(13)19-8-3-6-16(19)21/h1-2,4-5,12H,3,6-11H2,(H,18,20)/t12-/m1/s1. The summed E-state index contributed by atoms with van der Waals surface area (Å²) in [5, 5.41) is 2.56. The Morgan fingerprint density at radius 3 is 2.69 bits per heavy atom. The van der Waals surface area contributed by atoms with Gasteiger partial charge in [-0.05, 0) is 25.0 Å². The summed E-state index contributed by atoms with van der Waals surface area (Å²) >= 11 is 0. The van der Waals surface area contributed by atoms with Gasteiger partial charge in [0.05, 0.1) is 22.8 Å². The van der Waals surface area contributed by atoms with Crippen LogP contribution in [0.15, 0.2) is 24.3 Å². The lowest BCUT2D eigenvalue weighted by Gasteiger charge is -2.19. The van der Waals surface area contributed by atoms with Gasteiger partial charge in [-0.1, -0.05) is 12.1 Å². The van der Waals surface area contributed by atoms with E-state index in [1.165, 1.54) is 0 Å². The molecule has 2 aliphatic heterocycles. The molecule has 2 saturated heterocycles. The van der Waals surface area contributed by atoms with Crippen LogP contribution in [0.1, 0.15) is 29.6 Å². The molecule has 2 aliphatic rings. The smallest absolute Gasteiger partial charge is 0.340 e. The van der Waals surface area contributed by atoms with Crippen molar-refractivity contribution in [3.63, 3.8) is 0 Å². The molecule has 0 aliphatic carbocycles. The summed E-state index contributed by atoms with van der Waals surface area (Å²) in [5.74, 6) is -1.34. The van der Waals surface area contributed by atoms with E-state index in [0.717, 1.165) is 6.42 Å². The molecule has 1 N–H and O–H groups in total. The predicted molar refractivity (Wildman–Crippen MR) is 93.5 cm³/mol. The van der Waals surface area contributed by atoms with Crippen molar-refractivity contribution < 1.29 is 27.5 Å². The number of carbonyl (C=O) groups excluding carboxylic acids is 3. The Hall–Kier alpha value is -2.42. The molecule has 2 heterocycles. The van der Waals surface area contributed by atoms with Crippen LogP contribution in [0, 0.1) is 0 Å². The molecule has 140 valence electrons. The zero-order valence-corrected chi connectivity index (χ0v) is 15.0. The number of nitrogens with zero attached hydrogens (tertiary/aromatic N) is 1. The minimum Gasteiger partial charge on any atom is -0.452 e. The van der Waals surface area contributed by atoms with Crippen molar-refractivity contribution in [2.75, 3.05) is 29.6 Å². The van der Waals surface area contributed by atoms with Crippen LogP contribution in [0.3, 0.4) is 0 Å². The Morgan fingerprint density at radius 2 is 2.04 bits per heavy atom. The first kappa shape index (κ1) is 18.4. The lowest BCUT2D eigenvalue weighted by molar-refractivity contribution is -0.124. The molecular weight excluding hydrogens is 360 g/mol. The van der Waals surface area contributed by atoms with E-state index in [1.54, 1.807) is 29.2 Å². The van der Waals surface area contributed by atoms with Gasteiger partial charge in [0.1, 0.15) is 0 Å². The number of nitrogens with one attached hydrogen (secondary N) is 1. The van der Waals surface area contributed by atoms with Crippen LogP contribution in [-0.4, -0.2) is 56.9 Å². The Morgan fingerprint density at radius 1 is 1.27 bits per heavy atom. The number of esters is 1. The van der Waals surface area contributed by atoms with Gasteiger partial charge < -0.3 is 15.0 Å². The van der Waals surface area contributed by atoms with E-state index >= 15 is 0 Å². The van der Waals surface area contributed by atoms with Gasteiger partial charge in [0.25, 0.3) is 5.91 Å². The number of anilines is 1. The van der Waals surface area contributed by atoms with E-state index in [4.69, 9.17) is 4.74 Å². The molecule has 1 atom stereocenters. The average molecular weight is 380 g/mol. The first-order chi connectivity index (χ1) is 12.4. The van der Waals surface area contributed by atoms with Crippen LogP contribution in [0.2, 0.25) is 0 Å². The molecule has 2 fully saturated rings. The molecule has 0 saturated carbocycles. The first-order valence-corrected chi connectivity index (χ1v) is 10.2. The second-order valence-electron chi connectivity index (χ2n) is 6.41. The molecule has 0 aromatic heterocycles. The molecule has 2 amide bonds.